The van der Waals surface area contributed by atoms with Gasteiger partial charge in [0.25, 0.3) is 0 Å². The number of amides is 2. The number of carbonyl (C=O) groups excluding carboxylic acids is 3. The molecule has 1 atom stereocenters. The van der Waals surface area contributed by atoms with Crippen molar-refractivity contribution in [3.63, 3.8) is 0 Å². The molecule has 0 unspecified atom stereocenters. The first-order chi connectivity index (χ1) is 16.5. The molecule has 0 aliphatic rings. The summed E-state index contributed by atoms with van der Waals surface area (Å²) in [6, 6.07) is 3.13. The van der Waals surface area contributed by atoms with Gasteiger partial charge in [0.1, 0.15) is 22.1 Å². The van der Waals surface area contributed by atoms with Crippen LogP contribution in [0.2, 0.25) is 0 Å². The van der Waals surface area contributed by atoms with E-state index in [2.05, 4.69) is 0 Å². The van der Waals surface area contributed by atoms with Crippen molar-refractivity contribution in [3.05, 3.63) is 24.3 Å². The molecule has 0 aliphatic heterocycles. The normalized spacial score (nSPS) is 13.5. The van der Waals surface area contributed by atoms with Gasteiger partial charge in [0.05, 0.1) is 4.90 Å². The van der Waals surface area contributed by atoms with Gasteiger partial charge in [-0.05, 0) is 64.1 Å². The standard InChI is InChI=1S/C23H36N2O10S2/c1-15(2)18(24(9)20(27)33-22(3,4)5)19(26)35-25(21(28)34-23(6,7)8)37(31,32)17-14-12-11-13-16(17)36(10,29)30/h11-15,18H,1-10H3/t18-/m0/s1. The van der Waals surface area contributed by atoms with E-state index in [-0.39, 0.29) is 4.47 Å². The van der Waals surface area contributed by atoms with Crippen molar-refractivity contribution in [1.29, 1.82) is 0 Å². The lowest BCUT2D eigenvalue weighted by molar-refractivity contribution is -0.174. The molecule has 37 heavy (non-hydrogen) atoms. The molecule has 0 saturated heterocycles. The van der Waals surface area contributed by atoms with Gasteiger partial charge in [-0.25, -0.2) is 22.8 Å². The summed E-state index contributed by atoms with van der Waals surface area (Å²) in [4.78, 5) is 43.3. The first kappa shape index (κ1) is 32.2. The predicted octanol–water partition coefficient (Wildman–Crippen LogP) is 3.37. The zero-order valence-electron chi connectivity index (χ0n) is 22.8. The molecule has 1 rings (SSSR count). The van der Waals surface area contributed by atoms with Gasteiger partial charge in [0.15, 0.2) is 9.84 Å². The molecule has 0 fully saturated rings. The zero-order chi connectivity index (χ0) is 29.1. The van der Waals surface area contributed by atoms with Crippen LogP contribution in [-0.4, -0.2) is 74.9 Å². The molecule has 1 aromatic carbocycles. The number of ether oxygens (including phenoxy) is 2. The Kier molecular flexibility index (Phi) is 9.78. The summed E-state index contributed by atoms with van der Waals surface area (Å²) < 4.78 is 61.7. The van der Waals surface area contributed by atoms with Crippen molar-refractivity contribution in [2.75, 3.05) is 13.3 Å². The van der Waals surface area contributed by atoms with Crippen LogP contribution in [-0.2, 0) is 39.0 Å². The van der Waals surface area contributed by atoms with Crippen LogP contribution in [0.4, 0.5) is 9.59 Å². The second kappa shape index (κ2) is 11.3. The van der Waals surface area contributed by atoms with Gasteiger partial charge < -0.3 is 14.3 Å². The Hall–Kier alpha value is -2.87. The summed E-state index contributed by atoms with van der Waals surface area (Å²) in [6.45, 7) is 12.4. The first-order valence-electron chi connectivity index (χ1n) is 11.2. The Bertz CT molecular complexity index is 1230. The van der Waals surface area contributed by atoms with E-state index < -0.39 is 71.0 Å². The number of sulfonamides is 1. The van der Waals surface area contributed by atoms with E-state index >= 15 is 0 Å². The fraction of sp³-hybridized carbons (Fsp3) is 0.609. The van der Waals surface area contributed by atoms with E-state index in [0.29, 0.717) is 0 Å². The fourth-order valence-electron chi connectivity index (χ4n) is 3.00. The number of likely N-dealkylation sites (N-methyl/N-ethyl adjacent to an activating group) is 1. The van der Waals surface area contributed by atoms with Crippen molar-refractivity contribution in [1.82, 2.24) is 9.37 Å². The summed E-state index contributed by atoms with van der Waals surface area (Å²) in [6.07, 6.45) is -1.70. The van der Waals surface area contributed by atoms with Gasteiger partial charge in [0.2, 0.25) is 0 Å². The van der Waals surface area contributed by atoms with Crippen LogP contribution in [0.25, 0.3) is 0 Å². The van der Waals surface area contributed by atoms with Gasteiger partial charge in [-0.2, -0.15) is 8.42 Å². The van der Waals surface area contributed by atoms with Crippen LogP contribution in [0.1, 0.15) is 55.4 Å². The minimum absolute atomic E-state index is 0.303. The molecular formula is C23H36N2O10S2. The quantitative estimate of drug-likeness (QED) is 0.470. The Morgan fingerprint density at radius 2 is 1.24 bits per heavy atom. The third-order valence-corrected chi connectivity index (χ3v) is 7.29. The number of rotatable bonds is 6. The van der Waals surface area contributed by atoms with Crippen LogP contribution in [0.5, 0.6) is 0 Å². The number of hydrogen-bond donors (Lipinski definition) is 0. The Labute approximate surface area is 218 Å². The van der Waals surface area contributed by atoms with E-state index in [9.17, 15) is 31.2 Å². The maximum Gasteiger partial charge on any atom is 0.459 e. The van der Waals surface area contributed by atoms with Crippen molar-refractivity contribution < 1.29 is 45.5 Å². The molecule has 0 radical (unpaired) electrons. The first-order valence-corrected chi connectivity index (χ1v) is 14.6. The lowest BCUT2D eigenvalue weighted by atomic mass is 10.0. The second-order valence-corrected chi connectivity index (χ2v) is 14.3. The van der Waals surface area contributed by atoms with E-state index in [1.54, 1.807) is 34.6 Å². The minimum Gasteiger partial charge on any atom is -0.444 e. The molecular weight excluding hydrogens is 528 g/mol. The number of benzene rings is 1. The Morgan fingerprint density at radius 1 is 0.811 bits per heavy atom. The lowest BCUT2D eigenvalue weighted by Crippen LogP contribution is -2.51. The molecule has 0 heterocycles. The van der Waals surface area contributed by atoms with Crippen LogP contribution < -0.4 is 0 Å². The van der Waals surface area contributed by atoms with E-state index in [0.717, 1.165) is 23.3 Å². The highest BCUT2D eigenvalue weighted by Crippen LogP contribution is 2.27. The third kappa shape index (κ3) is 8.88. The fourth-order valence-corrected chi connectivity index (χ4v) is 5.69. The summed E-state index contributed by atoms with van der Waals surface area (Å²) >= 11 is 0. The summed E-state index contributed by atoms with van der Waals surface area (Å²) in [5.74, 6) is -1.91. The van der Waals surface area contributed by atoms with Gasteiger partial charge in [-0.3, -0.25) is 4.90 Å². The van der Waals surface area contributed by atoms with Crippen molar-refractivity contribution >= 4 is 38.0 Å². The van der Waals surface area contributed by atoms with Crippen molar-refractivity contribution in [3.8, 4) is 0 Å². The highest BCUT2D eigenvalue weighted by atomic mass is 32.2. The molecule has 2 amide bonds. The van der Waals surface area contributed by atoms with E-state index in [1.165, 1.54) is 40.0 Å². The summed E-state index contributed by atoms with van der Waals surface area (Å²) in [7, 11) is -7.94. The minimum atomic E-state index is -5.11. The molecule has 0 spiro atoms. The second-order valence-electron chi connectivity index (χ2n) is 10.6. The molecule has 0 aliphatic carbocycles. The van der Waals surface area contributed by atoms with Gasteiger partial charge >= 0.3 is 28.2 Å². The smallest absolute Gasteiger partial charge is 0.444 e. The van der Waals surface area contributed by atoms with Crippen LogP contribution in [0.3, 0.4) is 0 Å². The van der Waals surface area contributed by atoms with Crippen molar-refractivity contribution in [2.24, 2.45) is 5.92 Å². The third-order valence-electron chi connectivity index (χ3n) is 4.43. The maximum absolute atomic E-state index is 13.5. The SMILES string of the molecule is CC(C)[C@@H](C(=O)ON(C(=O)OC(C)(C)C)S(=O)(=O)c1ccccc1S(C)(=O)=O)N(C)C(=O)OC(C)(C)C. The summed E-state index contributed by atoms with van der Waals surface area (Å²) in [5, 5.41) is 0. The summed E-state index contributed by atoms with van der Waals surface area (Å²) in [5.41, 5.74) is -2.10. The Balaban J connectivity index is 3.61. The molecule has 14 heteroatoms. The van der Waals surface area contributed by atoms with Crippen LogP contribution >= 0.6 is 0 Å². The van der Waals surface area contributed by atoms with Crippen LogP contribution in [0.15, 0.2) is 34.1 Å². The van der Waals surface area contributed by atoms with Crippen LogP contribution in [0, 0.1) is 5.92 Å². The van der Waals surface area contributed by atoms with E-state index in [1.807, 2.05) is 0 Å². The molecule has 0 aromatic heterocycles. The molecule has 0 N–H and O–H groups in total. The molecule has 0 saturated carbocycles. The average molecular weight is 565 g/mol. The van der Waals surface area contributed by atoms with Gasteiger partial charge in [-0.15, -0.1) is 0 Å². The molecule has 0 bridgehead atoms. The Morgan fingerprint density at radius 3 is 1.65 bits per heavy atom. The monoisotopic (exact) mass is 564 g/mol. The predicted molar refractivity (Wildman–Crippen MR) is 134 cm³/mol. The van der Waals surface area contributed by atoms with Crippen molar-refractivity contribution in [2.45, 2.75) is 82.4 Å². The van der Waals surface area contributed by atoms with Gasteiger partial charge in [-0.1, -0.05) is 26.0 Å². The number of sulfone groups is 1. The molecule has 1 aromatic rings. The molecule has 12 nitrogen and oxygen atoms in total. The number of carbonyl (C=O) groups is 3. The van der Waals surface area contributed by atoms with Gasteiger partial charge in [0, 0.05) is 13.3 Å². The number of hydroxylamine groups is 1. The lowest BCUT2D eigenvalue weighted by Gasteiger charge is -2.32. The highest BCUT2D eigenvalue weighted by molar-refractivity contribution is 7.93. The molecule has 210 valence electrons. The maximum atomic E-state index is 13.5. The zero-order valence-corrected chi connectivity index (χ0v) is 24.4. The number of nitrogens with zero attached hydrogens (tertiary/aromatic N) is 2. The number of hydrogen-bond acceptors (Lipinski definition) is 10. The topological polar surface area (TPSA) is 154 Å². The average Bonchev–Trinajstić information content (AvgIpc) is 2.68. The van der Waals surface area contributed by atoms with E-state index in [4.69, 9.17) is 14.3 Å². The highest BCUT2D eigenvalue weighted by Gasteiger charge is 2.43. The largest absolute Gasteiger partial charge is 0.459 e.